The number of anilines is 1. The third-order valence-corrected chi connectivity index (χ3v) is 7.42. The highest BCUT2D eigenvalue weighted by molar-refractivity contribution is 8.03. The number of nitriles is 1. The predicted octanol–water partition coefficient (Wildman–Crippen LogP) is 5.49. The van der Waals surface area contributed by atoms with E-state index in [-0.39, 0.29) is 18.2 Å². The van der Waals surface area contributed by atoms with Crippen molar-refractivity contribution in [2.24, 2.45) is 0 Å². The van der Waals surface area contributed by atoms with Crippen molar-refractivity contribution in [2.45, 2.75) is 18.9 Å². The van der Waals surface area contributed by atoms with Gasteiger partial charge in [-0.2, -0.15) is 5.26 Å². The summed E-state index contributed by atoms with van der Waals surface area (Å²) in [5.74, 6) is 1.99. The summed E-state index contributed by atoms with van der Waals surface area (Å²) in [5.41, 5.74) is 3.72. The number of nitrogens with zero attached hydrogens (tertiary/aromatic N) is 3. The SMILES string of the molecule is COc1ccc(N2CSC3=C(C#N)[C@@H](c4ccc(OCc5ccccc5)cc4)CC(=O)N3C2)cc1. The van der Waals surface area contributed by atoms with Crippen LogP contribution in [0.15, 0.2) is 89.5 Å². The van der Waals surface area contributed by atoms with Gasteiger partial charge in [0.1, 0.15) is 18.1 Å². The summed E-state index contributed by atoms with van der Waals surface area (Å²) in [4.78, 5) is 17.0. The van der Waals surface area contributed by atoms with Crippen molar-refractivity contribution >= 4 is 23.4 Å². The second kappa shape index (κ2) is 10.2. The first-order chi connectivity index (χ1) is 17.2. The Hall–Kier alpha value is -3.89. The van der Waals surface area contributed by atoms with Crippen LogP contribution in [-0.2, 0) is 11.4 Å². The van der Waals surface area contributed by atoms with Gasteiger partial charge in [-0.15, -0.1) is 0 Å². The Balaban J connectivity index is 1.32. The molecule has 0 N–H and O–H groups in total. The van der Waals surface area contributed by atoms with Gasteiger partial charge >= 0.3 is 0 Å². The van der Waals surface area contributed by atoms with Crippen molar-refractivity contribution in [1.82, 2.24) is 4.90 Å². The van der Waals surface area contributed by atoms with E-state index in [0.29, 0.717) is 24.7 Å². The molecule has 5 rings (SSSR count). The van der Waals surface area contributed by atoms with Gasteiger partial charge in [0.2, 0.25) is 5.91 Å². The van der Waals surface area contributed by atoms with E-state index in [1.54, 1.807) is 12.0 Å². The summed E-state index contributed by atoms with van der Waals surface area (Å²) in [5, 5.41) is 10.8. The van der Waals surface area contributed by atoms with Gasteiger partial charge in [-0.3, -0.25) is 9.69 Å². The molecule has 0 aromatic heterocycles. The molecule has 176 valence electrons. The number of methoxy groups -OCH3 is 1. The molecule has 0 unspecified atom stereocenters. The number of ether oxygens (including phenoxy) is 2. The number of fused-ring (bicyclic) bond motifs is 1. The minimum absolute atomic E-state index is 0.0270. The topological polar surface area (TPSA) is 65.8 Å². The lowest BCUT2D eigenvalue weighted by Crippen LogP contribution is -2.47. The van der Waals surface area contributed by atoms with E-state index < -0.39 is 0 Å². The fourth-order valence-corrected chi connectivity index (χ4v) is 5.51. The van der Waals surface area contributed by atoms with Crippen molar-refractivity contribution in [3.8, 4) is 17.6 Å². The zero-order valence-corrected chi connectivity index (χ0v) is 20.2. The van der Waals surface area contributed by atoms with Crippen LogP contribution in [0.4, 0.5) is 5.69 Å². The van der Waals surface area contributed by atoms with Crippen LogP contribution in [0.2, 0.25) is 0 Å². The molecular weight excluding hydrogens is 458 g/mol. The second-order valence-corrected chi connectivity index (χ2v) is 9.34. The average Bonchev–Trinajstić information content (AvgIpc) is 2.92. The molecule has 0 spiro atoms. The van der Waals surface area contributed by atoms with Crippen molar-refractivity contribution < 1.29 is 14.3 Å². The molecule has 0 aliphatic carbocycles. The number of amides is 1. The van der Waals surface area contributed by atoms with Crippen molar-refractivity contribution in [3.05, 3.63) is 101 Å². The maximum atomic E-state index is 13.2. The molecule has 1 saturated heterocycles. The fourth-order valence-electron chi connectivity index (χ4n) is 4.34. The Bertz CT molecular complexity index is 1270. The lowest BCUT2D eigenvalue weighted by Gasteiger charge is -2.42. The summed E-state index contributed by atoms with van der Waals surface area (Å²) >= 11 is 1.54. The standard InChI is InChI=1S/C28H25N3O3S/c1-33-23-13-9-22(10-14-23)30-18-31-27(32)15-25(26(16-29)28(31)35-19-30)21-7-11-24(12-8-21)34-17-20-5-3-2-4-6-20/h2-14,25H,15,17-19H2,1H3/t25-/m1/s1. The van der Waals surface area contributed by atoms with E-state index in [0.717, 1.165) is 33.3 Å². The summed E-state index contributed by atoms with van der Waals surface area (Å²) in [6.07, 6.45) is 0.271. The molecular formula is C28H25N3O3S. The van der Waals surface area contributed by atoms with Gasteiger partial charge in [-0.1, -0.05) is 54.2 Å². The summed E-state index contributed by atoms with van der Waals surface area (Å²) in [7, 11) is 1.64. The quantitative estimate of drug-likeness (QED) is 0.462. The smallest absolute Gasteiger partial charge is 0.229 e. The van der Waals surface area contributed by atoms with Crippen molar-refractivity contribution in [2.75, 3.05) is 24.6 Å². The van der Waals surface area contributed by atoms with E-state index in [4.69, 9.17) is 9.47 Å². The van der Waals surface area contributed by atoms with E-state index in [2.05, 4.69) is 11.0 Å². The molecule has 3 aromatic rings. The molecule has 3 aromatic carbocycles. The Kier molecular flexibility index (Phi) is 6.64. The summed E-state index contributed by atoms with van der Waals surface area (Å²) in [6, 6.07) is 27.9. The molecule has 1 fully saturated rings. The molecule has 0 radical (unpaired) electrons. The van der Waals surface area contributed by atoms with Gasteiger partial charge in [0.05, 0.1) is 36.3 Å². The van der Waals surface area contributed by atoms with Gasteiger partial charge in [0, 0.05) is 18.0 Å². The number of rotatable bonds is 6. The largest absolute Gasteiger partial charge is 0.497 e. The number of thioether (sulfide) groups is 1. The van der Waals surface area contributed by atoms with E-state index in [1.807, 2.05) is 78.9 Å². The molecule has 0 bridgehead atoms. The summed E-state index contributed by atoms with van der Waals surface area (Å²) < 4.78 is 11.1. The first kappa shape index (κ1) is 22.9. The van der Waals surface area contributed by atoms with Gasteiger partial charge in [-0.25, -0.2) is 0 Å². The Morgan fingerprint density at radius 1 is 1.00 bits per heavy atom. The molecule has 6 nitrogen and oxygen atoms in total. The van der Waals surface area contributed by atoms with Crippen LogP contribution in [0.5, 0.6) is 11.5 Å². The van der Waals surface area contributed by atoms with Crippen LogP contribution in [-0.4, -0.2) is 30.5 Å². The molecule has 1 atom stereocenters. The zero-order chi connectivity index (χ0) is 24.2. The molecule has 0 saturated carbocycles. The third kappa shape index (κ3) is 4.84. The number of carbonyl (C=O) groups is 1. The normalized spacial score (nSPS) is 17.6. The zero-order valence-electron chi connectivity index (χ0n) is 19.4. The number of benzene rings is 3. The van der Waals surface area contributed by atoms with Crippen molar-refractivity contribution in [3.63, 3.8) is 0 Å². The fraction of sp³-hybridized carbons (Fsp3) is 0.214. The monoisotopic (exact) mass is 483 g/mol. The molecule has 2 heterocycles. The second-order valence-electron chi connectivity index (χ2n) is 8.41. The number of allylic oxidation sites excluding steroid dienone is 1. The lowest BCUT2D eigenvalue weighted by molar-refractivity contribution is -0.129. The molecule has 1 amide bonds. The van der Waals surface area contributed by atoms with Crippen LogP contribution < -0.4 is 14.4 Å². The van der Waals surface area contributed by atoms with Crippen molar-refractivity contribution in [1.29, 1.82) is 5.26 Å². The van der Waals surface area contributed by atoms with Gasteiger partial charge in [-0.05, 0) is 47.5 Å². The molecule has 2 aliphatic heterocycles. The third-order valence-electron chi connectivity index (χ3n) is 6.26. The highest BCUT2D eigenvalue weighted by Gasteiger charge is 2.38. The maximum absolute atomic E-state index is 13.2. The highest BCUT2D eigenvalue weighted by atomic mass is 32.2. The summed E-state index contributed by atoms with van der Waals surface area (Å²) in [6.45, 7) is 0.920. The van der Waals surface area contributed by atoms with Crippen LogP contribution in [0, 0.1) is 11.3 Å². The Labute approximate surface area is 209 Å². The Morgan fingerprint density at radius 3 is 2.40 bits per heavy atom. The first-order valence-electron chi connectivity index (χ1n) is 11.4. The molecule has 2 aliphatic rings. The van der Waals surface area contributed by atoms with Gasteiger partial charge in [0.15, 0.2) is 0 Å². The van der Waals surface area contributed by atoms with E-state index in [9.17, 15) is 10.1 Å². The minimum atomic E-state index is -0.248. The maximum Gasteiger partial charge on any atom is 0.229 e. The van der Waals surface area contributed by atoms with Crippen LogP contribution in [0.3, 0.4) is 0 Å². The molecule has 35 heavy (non-hydrogen) atoms. The first-order valence-corrected chi connectivity index (χ1v) is 12.4. The van der Waals surface area contributed by atoms with Gasteiger partial charge in [0.25, 0.3) is 0 Å². The minimum Gasteiger partial charge on any atom is -0.497 e. The van der Waals surface area contributed by atoms with E-state index >= 15 is 0 Å². The highest BCUT2D eigenvalue weighted by Crippen LogP contribution is 2.43. The predicted molar refractivity (Wildman–Crippen MR) is 137 cm³/mol. The van der Waals surface area contributed by atoms with Gasteiger partial charge < -0.3 is 14.4 Å². The number of hydrogen-bond donors (Lipinski definition) is 0. The number of carbonyl (C=O) groups excluding carboxylic acids is 1. The number of hydrogen-bond acceptors (Lipinski definition) is 6. The van der Waals surface area contributed by atoms with Crippen LogP contribution >= 0.6 is 11.8 Å². The molecule has 7 heteroatoms. The van der Waals surface area contributed by atoms with E-state index in [1.165, 1.54) is 11.8 Å². The lowest BCUT2D eigenvalue weighted by atomic mass is 9.86. The van der Waals surface area contributed by atoms with Crippen LogP contribution in [0.1, 0.15) is 23.5 Å². The Morgan fingerprint density at radius 2 is 1.71 bits per heavy atom. The average molecular weight is 484 g/mol. The van der Waals surface area contributed by atoms with Crippen LogP contribution in [0.25, 0.3) is 0 Å².